The van der Waals surface area contributed by atoms with Gasteiger partial charge < -0.3 is 4.74 Å². The minimum absolute atomic E-state index is 0.102. The maximum atomic E-state index is 11.2. The Morgan fingerprint density at radius 1 is 1.24 bits per heavy atom. The Morgan fingerprint density at radius 3 is 2.29 bits per heavy atom. The normalized spacial score (nSPS) is 11.3. The van der Waals surface area contributed by atoms with Gasteiger partial charge >= 0.3 is 0 Å². The zero-order valence-corrected chi connectivity index (χ0v) is 11.2. The molecule has 2 heteroatoms. The van der Waals surface area contributed by atoms with Crippen molar-refractivity contribution in [2.24, 2.45) is 0 Å². The molecule has 94 valence electrons. The van der Waals surface area contributed by atoms with E-state index in [4.69, 9.17) is 4.74 Å². The summed E-state index contributed by atoms with van der Waals surface area (Å²) in [5.74, 6) is 1.12. The van der Waals surface area contributed by atoms with Gasteiger partial charge in [0.2, 0.25) is 0 Å². The van der Waals surface area contributed by atoms with Gasteiger partial charge in [0.25, 0.3) is 0 Å². The number of rotatable bonds is 6. The number of ketones is 1. The molecule has 1 aromatic carbocycles. The number of benzene rings is 1. The van der Waals surface area contributed by atoms with Crippen LogP contribution < -0.4 is 4.74 Å². The van der Waals surface area contributed by atoms with Gasteiger partial charge in [-0.2, -0.15) is 0 Å². The van der Waals surface area contributed by atoms with Crippen LogP contribution in [0.2, 0.25) is 0 Å². The largest absolute Gasteiger partial charge is 0.494 e. The van der Waals surface area contributed by atoms with Crippen molar-refractivity contribution in [2.75, 3.05) is 6.61 Å². The van der Waals surface area contributed by atoms with Crippen LogP contribution in [0.1, 0.15) is 46.1 Å². The van der Waals surface area contributed by atoms with E-state index in [2.05, 4.69) is 20.8 Å². The van der Waals surface area contributed by atoms with Gasteiger partial charge in [0.15, 0.2) is 0 Å². The molecule has 0 aliphatic carbocycles. The summed E-state index contributed by atoms with van der Waals surface area (Å²) in [6.45, 7) is 8.66. The molecule has 0 atom stereocenters. The average Bonchev–Trinajstić information content (AvgIpc) is 2.25. The lowest BCUT2D eigenvalue weighted by atomic mass is 9.80. The molecule has 0 N–H and O–H groups in total. The summed E-state index contributed by atoms with van der Waals surface area (Å²) >= 11 is 0. The molecule has 0 aliphatic heterocycles. The van der Waals surface area contributed by atoms with Gasteiger partial charge in [-0.1, -0.05) is 32.9 Å². The van der Waals surface area contributed by atoms with Crippen LogP contribution in [0.3, 0.4) is 0 Å². The van der Waals surface area contributed by atoms with Gasteiger partial charge in [-0.3, -0.25) is 4.79 Å². The molecule has 0 radical (unpaired) electrons. The molecule has 0 aromatic heterocycles. The molecule has 0 saturated heterocycles. The fraction of sp³-hybridized carbons (Fsp3) is 0.533. The lowest BCUT2D eigenvalue weighted by molar-refractivity contribution is -0.118. The molecule has 0 fully saturated rings. The first-order valence-electron chi connectivity index (χ1n) is 6.18. The number of ether oxygens (including phenoxy) is 1. The summed E-state index contributed by atoms with van der Waals surface area (Å²) in [5, 5.41) is 0. The van der Waals surface area contributed by atoms with E-state index < -0.39 is 0 Å². The van der Waals surface area contributed by atoms with Crippen LogP contribution in [0, 0.1) is 0 Å². The van der Waals surface area contributed by atoms with E-state index in [9.17, 15) is 4.79 Å². The molecule has 2 nitrogen and oxygen atoms in total. The molecule has 1 aromatic rings. The van der Waals surface area contributed by atoms with Crippen LogP contribution in [0.5, 0.6) is 5.75 Å². The number of hydrogen-bond acceptors (Lipinski definition) is 2. The minimum atomic E-state index is -0.102. The molecule has 0 aliphatic rings. The van der Waals surface area contributed by atoms with E-state index in [0.717, 1.165) is 18.8 Å². The molecule has 0 heterocycles. The minimum Gasteiger partial charge on any atom is -0.494 e. The van der Waals surface area contributed by atoms with Crippen molar-refractivity contribution in [1.82, 2.24) is 0 Å². The van der Waals surface area contributed by atoms with Crippen molar-refractivity contribution in [3.05, 3.63) is 29.8 Å². The monoisotopic (exact) mass is 234 g/mol. The highest BCUT2D eigenvalue weighted by molar-refractivity contribution is 5.77. The summed E-state index contributed by atoms with van der Waals surface area (Å²) in [6.07, 6.45) is 1.58. The summed E-state index contributed by atoms with van der Waals surface area (Å²) in [7, 11) is 0. The Labute approximate surface area is 104 Å². The Morgan fingerprint density at radius 2 is 1.82 bits per heavy atom. The van der Waals surface area contributed by atoms with Crippen molar-refractivity contribution in [1.29, 1.82) is 0 Å². The van der Waals surface area contributed by atoms with Crippen molar-refractivity contribution < 1.29 is 9.53 Å². The van der Waals surface area contributed by atoms with Gasteiger partial charge in [-0.05, 0) is 36.5 Å². The lowest BCUT2D eigenvalue weighted by Crippen LogP contribution is -2.20. The van der Waals surface area contributed by atoms with E-state index >= 15 is 0 Å². The number of hydrogen-bond donors (Lipinski definition) is 0. The molecule has 0 unspecified atom stereocenters. The van der Waals surface area contributed by atoms with Crippen molar-refractivity contribution in [2.45, 2.75) is 46.0 Å². The SMILES string of the molecule is CCCOc1ccc(C(C)(C)CC(C)=O)cc1. The van der Waals surface area contributed by atoms with Crippen molar-refractivity contribution in [3.63, 3.8) is 0 Å². The first-order valence-corrected chi connectivity index (χ1v) is 6.18. The third kappa shape index (κ3) is 4.22. The second-order valence-electron chi connectivity index (χ2n) is 5.14. The molecule has 17 heavy (non-hydrogen) atoms. The van der Waals surface area contributed by atoms with Gasteiger partial charge in [0, 0.05) is 6.42 Å². The van der Waals surface area contributed by atoms with Gasteiger partial charge in [0.05, 0.1) is 6.61 Å². The van der Waals surface area contributed by atoms with E-state index in [1.54, 1.807) is 6.92 Å². The Bertz CT molecular complexity index is 363. The molecule has 1 rings (SSSR count). The van der Waals surface area contributed by atoms with Crippen LogP contribution >= 0.6 is 0 Å². The highest BCUT2D eigenvalue weighted by Gasteiger charge is 2.22. The maximum Gasteiger partial charge on any atom is 0.130 e. The highest BCUT2D eigenvalue weighted by Crippen LogP contribution is 2.28. The topological polar surface area (TPSA) is 26.3 Å². The molecular formula is C15H22O2. The molecule has 0 amide bonds. The molecule has 0 saturated carbocycles. The zero-order valence-electron chi connectivity index (χ0n) is 11.2. The van der Waals surface area contributed by atoms with Crippen LogP contribution in [0.4, 0.5) is 0 Å². The van der Waals surface area contributed by atoms with Crippen LogP contribution in [-0.2, 0) is 10.2 Å². The predicted octanol–water partition coefficient (Wildman–Crippen LogP) is 3.73. The van der Waals surface area contributed by atoms with Gasteiger partial charge in [0.1, 0.15) is 11.5 Å². The van der Waals surface area contributed by atoms with Crippen LogP contribution in [0.25, 0.3) is 0 Å². The smallest absolute Gasteiger partial charge is 0.130 e. The summed E-state index contributed by atoms with van der Waals surface area (Å²) in [5.41, 5.74) is 1.08. The van der Waals surface area contributed by atoms with Crippen LogP contribution in [-0.4, -0.2) is 12.4 Å². The predicted molar refractivity (Wildman–Crippen MR) is 70.6 cm³/mol. The average molecular weight is 234 g/mol. The fourth-order valence-electron chi connectivity index (χ4n) is 1.95. The lowest BCUT2D eigenvalue weighted by Gasteiger charge is -2.24. The third-order valence-electron chi connectivity index (χ3n) is 2.80. The Balaban J connectivity index is 2.75. The van der Waals surface area contributed by atoms with Crippen molar-refractivity contribution in [3.8, 4) is 5.75 Å². The maximum absolute atomic E-state index is 11.2. The quantitative estimate of drug-likeness (QED) is 0.749. The number of carbonyl (C=O) groups is 1. The molecule has 0 bridgehead atoms. The fourth-order valence-corrected chi connectivity index (χ4v) is 1.95. The zero-order chi connectivity index (χ0) is 12.9. The van der Waals surface area contributed by atoms with E-state index in [1.807, 2.05) is 24.3 Å². The van der Waals surface area contributed by atoms with E-state index in [-0.39, 0.29) is 11.2 Å². The van der Waals surface area contributed by atoms with Gasteiger partial charge in [-0.25, -0.2) is 0 Å². The van der Waals surface area contributed by atoms with E-state index in [0.29, 0.717) is 6.42 Å². The van der Waals surface area contributed by atoms with Gasteiger partial charge in [-0.15, -0.1) is 0 Å². The first-order chi connectivity index (χ1) is 7.95. The number of carbonyl (C=O) groups excluding carboxylic acids is 1. The first kappa shape index (κ1) is 13.8. The number of Topliss-reactive ketones (excluding diaryl/α,β-unsaturated/α-hetero) is 1. The van der Waals surface area contributed by atoms with Crippen LogP contribution in [0.15, 0.2) is 24.3 Å². The van der Waals surface area contributed by atoms with E-state index in [1.165, 1.54) is 5.56 Å². The Kier molecular flexibility index (Phi) is 4.73. The summed E-state index contributed by atoms with van der Waals surface area (Å²) in [4.78, 5) is 11.2. The summed E-state index contributed by atoms with van der Waals surface area (Å²) in [6, 6.07) is 8.06. The Hall–Kier alpha value is -1.31. The second kappa shape index (κ2) is 5.85. The highest BCUT2D eigenvalue weighted by atomic mass is 16.5. The molecule has 0 spiro atoms. The third-order valence-corrected chi connectivity index (χ3v) is 2.80. The summed E-state index contributed by atoms with van der Waals surface area (Å²) < 4.78 is 5.54. The molecular weight excluding hydrogens is 212 g/mol. The second-order valence-corrected chi connectivity index (χ2v) is 5.14. The standard InChI is InChI=1S/C15H22O2/c1-5-10-17-14-8-6-13(7-9-14)15(3,4)11-12(2)16/h6-9H,5,10-11H2,1-4H3. The van der Waals surface area contributed by atoms with Crippen molar-refractivity contribution >= 4 is 5.78 Å².